The number of rotatable bonds is 2. The molecule has 1 fully saturated rings. The molecule has 24 heavy (non-hydrogen) atoms. The van der Waals surface area contributed by atoms with Crippen LogP contribution in [0.4, 0.5) is 17.1 Å². The average molecular weight is 325 g/mol. The minimum absolute atomic E-state index is 0.0462. The summed E-state index contributed by atoms with van der Waals surface area (Å²) in [5, 5.41) is 7.05. The largest absolute Gasteiger partial charge is 0.319 e. The van der Waals surface area contributed by atoms with Gasteiger partial charge in [-0.2, -0.15) is 5.10 Å². The van der Waals surface area contributed by atoms with Crippen molar-refractivity contribution in [2.24, 2.45) is 7.05 Å². The van der Waals surface area contributed by atoms with E-state index in [9.17, 15) is 9.59 Å². The molecule has 7 nitrogen and oxygen atoms in total. The van der Waals surface area contributed by atoms with Crippen molar-refractivity contribution >= 4 is 28.9 Å². The molecule has 2 aromatic rings. The molecule has 0 aliphatic carbocycles. The number of hydrogen-bond acceptors (Lipinski definition) is 4. The number of benzene rings is 1. The quantitative estimate of drug-likeness (QED) is 0.913. The van der Waals surface area contributed by atoms with E-state index in [1.165, 1.54) is 4.68 Å². The molecule has 0 atom stereocenters. The first kappa shape index (κ1) is 14.9. The molecule has 124 valence electrons. The van der Waals surface area contributed by atoms with Gasteiger partial charge in [-0.3, -0.25) is 24.1 Å². The van der Waals surface area contributed by atoms with Crippen molar-refractivity contribution in [3.8, 4) is 0 Å². The number of carbonyl (C=O) groups excluding carboxylic acids is 2. The van der Waals surface area contributed by atoms with Gasteiger partial charge in [0.2, 0.25) is 5.91 Å². The first-order chi connectivity index (χ1) is 11.6. The fourth-order valence-corrected chi connectivity index (χ4v) is 3.41. The second kappa shape index (κ2) is 5.76. The van der Waals surface area contributed by atoms with Crippen LogP contribution in [0, 0.1) is 0 Å². The van der Waals surface area contributed by atoms with Gasteiger partial charge in [-0.15, -0.1) is 0 Å². The lowest BCUT2D eigenvalue weighted by Gasteiger charge is -2.24. The molecular weight excluding hydrogens is 306 g/mol. The van der Waals surface area contributed by atoms with Crippen molar-refractivity contribution in [1.82, 2.24) is 14.7 Å². The van der Waals surface area contributed by atoms with Gasteiger partial charge in [0.25, 0.3) is 5.91 Å². The van der Waals surface area contributed by atoms with Crippen LogP contribution < -0.4 is 10.2 Å². The molecule has 2 amide bonds. The van der Waals surface area contributed by atoms with Crippen LogP contribution in [0.3, 0.4) is 0 Å². The summed E-state index contributed by atoms with van der Waals surface area (Å²) in [5.41, 5.74) is 2.24. The normalized spacial score (nSPS) is 17.2. The van der Waals surface area contributed by atoms with Crippen LogP contribution in [0.5, 0.6) is 0 Å². The number of aryl methyl sites for hydroxylation is 1. The predicted molar refractivity (Wildman–Crippen MR) is 90.4 cm³/mol. The van der Waals surface area contributed by atoms with E-state index in [2.05, 4.69) is 15.3 Å². The van der Waals surface area contributed by atoms with E-state index in [0.717, 1.165) is 25.9 Å². The van der Waals surface area contributed by atoms with Crippen molar-refractivity contribution in [3.05, 3.63) is 36.2 Å². The molecule has 1 aromatic carbocycles. The summed E-state index contributed by atoms with van der Waals surface area (Å²) < 4.78 is 1.51. The lowest BCUT2D eigenvalue weighted by Crippen LogP contribution is -2.37. The Balaban J connectivity index is 1.80. The van der Waals surface area contributed by atoms with E-state index in [4.69, 9.17) is 0 Å². The van der Waals surface area contributed by atoms with Crippen LogP contribution in [0.2, 0.25) is 0 Å². The van der Waals surface area contributed by atoms with E-state index >= 15 is 0 Å². The standard InChI is InChI=1S/C17H19N5O2/c1-20-16-14(10-18-20)22(15(23)11-21-8-4-5-9-21)13-7-3-2-6-12(13)19-17(16)24/h2-3,6-7,10H,4-5,8-9,11H2,1H3,(H,19,24). The summed E-state index contributed by atoms with van der Waals surface area (Å²) >= 11 is 0. The van der Waals surface area contributed by atoms with Gasteiger partial charge in [0, 0.05) is 7.05 Å². The molecule has 0 unspecified atom stereocenters. The number of nitrogens with zero attached hydrogens (tertiary/aromatic N) is 4. The third-order valence-corrected chi connectivity index (χ3v) is 4.58. The Kier molecular flexibility index (Phi) is 3.57. The highest BCUT2D eigenvalue weighted by Gasteiger charge is 2.32. The minimum Gasteiger partial charge on any atom is -0.319 e. The fraction of sp³-hybridized carbons (Fsp3) is 0.353. The Morgan fingerprint density at radius 2 is 1.96 bits per heavy atom. The number of nitrogens with one attached hydrogen (secondary N) is 1. The maximum absolute atomic E-state index is 13.1. The second-order valence-corrected chi connectivity index (χ2v) is 6.19. The highest BCUT2D eigenvalue weighted by atomic mass is 16.2. The number of para-hydroxylation sites is 2. The van der Waals surface area contributed by atoms with Crippen LogP contribution >= 0.6 is 0 Å². The fourth-order valence-electron chi connectivity index (χ4n) is 3.41. The maximum atomic E-state index is 13.1. The third-order valence-electron chi connectivity index (χ3n) is 4.58. The summed E-state index contributed by atoms with van der Waals surface area (Å²) in [6.45, 7) is 2.23. The van der Waals surface area contributed by atoms with E-state index < -0.39 is 0 Å². The highest BCUT2D eigenvalue weighted by molar-refractivity contribution is 6.17. The molecule has 2 aliphatic heterocycles. The molecule has 0 radical (unpaired) electrons. The number of anilines is 3. The van der Waals surface area contributed by atoms with Crippen LogP contribution in [0.1, 0.15) is 23.3 Å². The Hall–Kier alpha value is -2.67. The average Bonchev–Trinajstić information content (AvgIpc) is 3.16. The Labute approximate surface area is 139 Å². The lowest BCUT2D eigenvalue weighted by atomic mass is 10.2. The molecule has 2 aliphatic rings. The van der Waals surface area contributed by atoms with Crippen molar-refractivity contribution in [2.75, 3.05) is 29.9 Å². The summed E-state index contributed by atoms with van der Waals surface area (Å²) in [6.07, 6.45) is 3.84. The molecule has 0 bridgehead atoms. The maximum Gasteiger partial charge on any atom is 0.276 e. The van der Waals surface area contributed by atoms with Gasteiger partial charge >= 0.3 is 0 Å². The molecule has 1 saturated heterocycles. The molecule has 1 N–H and O–H groups in total. The van der Waals surface area contributed by atoms with Gasteiger partial charge in [-0.05, 0) is 38.1 Å². The number of fused-ring (bicyclic) bond motifs is 2. The summed E-state index contributed by atoms with van der Waals surface area (Å²) in [5.74, 6) is -0.302. The SMILES string of the molecule is Cn1ncc2c1C(=O)Nc1ccccc1N2C(=O)CN1CCCC1. The zero-order chi connectivity index (χ0) is 16.7. The number of amides is 2. The van der Waals surface area contributed by atoms with Gasteiger partial charge in [0.15, 0.2) is 0 Å². The van der Waals surface area contributed by atoms with Gasteiger partial charge < -0.3 is 5.32 Å². The van der Waals surface area contributed by atoms with Crippen molar-refractivity contribution in [3.63, 3.8) is 0 Å². The number of carbonyl (C=O) groups is 2. The van der Waals surface area contributed by atoms with Crippen molar-refractivity contribution < 1.29 is 9.59 Å². The first-order valence-electron chi connectivity index (χ1n) is 8.13. The number of aromatic nitrogens is 2. The topological polar surface area (TPSA) is 70.5 Å². The van der Waals surface area contributed by atoms with Crippen molar-refractivity contribution in [1.29, 1.82) is 0 Å². The van der Waals surface area contributed by atoms with Crippen molar-refractivity contribution in [2.45, 2.75) is 12.8 Å². The monoisotopic (exact) mass is 325 g/mol. The Morgan fingerprint density at radius 3 is 2.75 bits per heavy atom. The van der Waals surface area contributed by atoms with Crippen LogP contribution in [0.25, 0.3) is 0 Å². The highest BCUT2D eigenvalue weighted by Crippen LogP contribution is 2.37. The minimum atomic E-state index is -0.256. The molecule has 4 rings (SSSR count). The van der Waals surface area contributed by atoms with Crippen LogP contribution in [0.15, 0.2) is 30.5 Å². The van der Waals surface area contributed by atoms with E-state index in [-0.39, 0.29) is 11.8 Å². The molecule has 7 heteroatoms. The Morgan fingerprint density at radius 1 is 1.21 bits per heavy atom. The van der Waals surface area contributed by atoms with E-state index in [1.807, 2.05) is 24.3 Å². The van der Waals surface area contributed by atoms with Gasteiger partial charge in [0.05, 0.1) is 24.1 Å². The number of hydrogen-bond donors (Lipinski definition) is 1. The molecule has 3 heterocycles. The van der Waals surface area contributed by atoms with Gasteiger partial charge in [0.1, 0.15) is 11.4 Å². The summed E-state index contributed by atoms with van der Waals surface area (Å²) in [7, 11) is 1.71. The third kappa shape index (κ3) is 2.37. The van der Waals surface area contributed by atoms with Gasteiger partial charge in [-0.1, -0.05) is 12.1 Å². The van der Waals surface area contributed by atoms with Gasteiger partial charge in [-0.25, -0.2) is 0 Å². The molecule has 1 aromatic heterocycles. The van der Waals surface area contributed by atoms with E-state index in [1.54, 1.807) is 18.1 Å². The lowest BCUT2D eigenvalue weighted by molar-refractivity contribution is -0.118. The van der Waals surface area contributed by atoms with Crippen LogP contribution in [-0.2, 0) is 11.8 Å². The smallest absolute Gasteiger partial charge is 0.276 e. The first-order valence-corrected chi connectivity index (χ1v) is 8.13. The van der Waals surface area contributed by atoms with Crippen LogP contribution in [-0.4, -0.2) is 46.1 Å². The second-order valence-electron chi connectivity index (χ2n) is 6.19. The van der Waals surface area contributed by atoms with E-state index in [0.29, 0.717) is 29.3 Å². The zero-order valence-electron chi connectivity index (χ0n) is 13.5. The molecule has 0 saturated carbocycles. The summed E-state index contributed by atoms with van der Waals surface area (Å²) in [6, 6.07) is 7.36. The summed E-state index contributed by atoms with van der Waals surface area (Å²) in [4.78, 5) is 29.4. The zero-order valence-corrected chi connectivity index (χ0v) is 13.5. The Bertz CT molecular complexity index is 807. The molecular formula is C17H19N5O2. The number of likely N-dealkylation sites (tertiary alicyclic amines) is 1. The predicted octanol–water partition coefficient (Wildman–Crippen LogP) is 1.75. The molecule has 0 spiro atoms.